The highest BCUT2D eigenvalue weighted by Crippen LogP contribution is 2.27. The van der Waals surface area contributed by atoms with E-state index < -0.39 is 10.0 Å². The number of amidine groups is 1. The van der Waals surface area contributed by atoms with Gasteiger partial charge in [-0.3, -0.25) is 4.79 Å². The molecule has 0 bridgehead atoms. The highest BCUT2D eigenvalue weighted by molar-refractivity contribution is 7.90. The van der Waals surface area contributed by atoms with E-state index >= 15 is 0 Å². The summed E-state index contributed by atoms with van der Waals surface area (Å²) in [6.45, 7) is 3.31. The van der Waals surface area contributed by atoms with Crippen molar-refractivity contribution in [1.82, 2.24) is 4.90 Å². The van der Waals surface area contributed by atoms with Crippen molar-refractivity contribution < 1.29 is 13.2 Å². The first-order valence-corrected chi connectivity index (χ1v) is 10.7. The van der Waals surface area contributed by atoms with E-state index in [1.54, 1.807) is 42.5 Å². The second-order valence-corrected chi connectivity index (χ2v) is 8.83. The van der Waals surface area contributed by atoms with Crippen LogP contribution in [0.3, 0.4) is 0 Å². The third kappa shape index (κ3) is 3.29. The Hall–Kier alpha value is -2.71. The van der Waals surface area contributed by atoms with Gasteiger partial charge < -0.3 is 16.0 Å². The highest BCUT2D eigenvalue weighted by Gasteiger charge is 2.32. The summed E-state index contributed by atoms with van der Waals surface area (Å²) in [4.78, 5) is 14.8. The van der Waals surface area contributed by atoms with Crippen LogP contribution in [0, 0.1) is 5.92 Å². The minimum Gasteiger partial charge on any atom is -0.339 e. The Bertz CT molecular complexity index is 1050. The molecule has 1 fully saturated rings. The van der Waals surface area contributed by atoms with Gasteiger partial charge >= 0.3 is 0 Å². The minimum absolute atomic E-state index is 0.0128. The number of fused-ring (bicyclic) bond motifs is 1. The van der Waals surface area contributed by atoms with Crippen molar-refractivity contribution in [1.29, 1.82) is 0 Å². The zero-order valence-corrected chi connectivity index (χ0v) is 16.3. The van der Waals surface area contributed by atoms with Crippen LogP contribution in [0.25, 0.3) is 0 Å². The smallest absolute Gasteiger partial charge is 0.285 e. The maximum Gasteiger partial charge on any atom is 0.285 e. The van der Waals surface area contributed by atoms with E-state index in [9.17, 15) is 13.2 Å². The largest absolute Gasteiger partial charge is 0.339 e. The quantitative estimate of drug-likeness (QED) is 0.823. The Labute approximate surface area is 164 Å². The summed E-state index contributed by atoms with van der Waals surface area (Å²) in [6.07, 6.45) is 0.926. The first kappa shape index (κ1) is 18.6. The van der Waals surface area contributed by atoms with Crippen molar-refractivity contribution in [2.24, 2.45) is 16.0 Å². The van der Waals surface area contributed by atoms with Crippen LogP contribution < -0.4 is 11.1 Å². The van der Waals surface area contributed by atoms with E-state index in [0.717, 1.165) is 6.42 Å². The van der Waals surface area contributed by atoms with Crippen LogP contribution in [0.1, 0.15) is 29.3 Å². The van der Waals surface area contributed by atoms with Gasteiger partial charge in [-0.2, -0.15) is 8.42 Å². The number of rotatable bonds is 3. The fourth-order valence-corrected chi connectivity index (χ4v) is 4.97. The third-order valence-corrected chi connectivity index (χ3v) is 6.62. The van der Waals surface area contributed by atoms with E-state index in [-0.39, 0.29) is 22.7 Å². The molecular formula is C20H22N4O3S. The molecule has 0 aromatic heterocycles. The van der Waals surface area contributed by atoms with Crippen LogP contribution >= 0.6 is 0 Å². The van der Waals surface area contributed by atoms with Gasteiger partial charge in [-0.25, -0.2) is 0 Å². The van der Waals surface area contributed by atoms with Gasteiger partial charge in [0.05, 0.1) is 0 Å². The molecule has 2 atom stereocenters. The molecule has 0 aliphatic carbocycles. The molecule has 0 radical (unpaired) electrons. The predicted octanol–water partition coefficient (Wildman–Crippen LogP) is 2.06. The van der Waals surface area contributed by atoms with Crippen LogP contribution in [0.5, 0.6) is 0 Å². The van der Waals surface area contributed by atoms with E-state index in [0.29, 0.717) is 35.8 Å². The number of anilines is 1. The number of nitrogens with zero attached hydrogens (tertiary/aromatic N) is 2. The molecule has 1 saturated heterocycles. The molecule has 4 rings (SSSR count). The second-order valence-electron chi connectivity index (χ2n) is 7.26. The van der Waals surface area contributed by atoms with Gasteiger partial charge in [0.15, 0.2) is 5.84 Å². The zero-order valence-electron chi connectivity index (χ0n) is 15.5. The molecule has 7 nitrogen and oxygen atoms in total. The Morgan fingerprint density at radius 3 is 2.61 bits per heavy atom. The van der Waals surface area contributed by atoms with Crippen LogP contribution in [-0.4, -0.2) is 44.2 Å². The standard InChI is InChI=1S/C20H22N4O3S/c1-13-10-14(11-21)12-24(13)20(25)15-6-8-16(9-7-15)22-19-17-4-2-3-5-18(17)28(26,27)23-19/h2-9,13-14H,10-12,21H2,1H3,(H,22,23). The number of likely N-dealkylation sites (tertiary alicyclic amines) is 1. The number of nitrogens with two attached hydrogens (primary N) is 1. The second kappa shape index (κ2) is 7.03. The lowest BCUT2D eigenvalue weighted by Gasteiger charge is -2.21. The van der Waals surface area contributed by atoms with E-state index in [4.69, 9.17) is 5.73 Å². The van der Waals surface area contributed by atoms with Gasteiger partial charge in [0.25, 0.3) is 15.9 Å². The predicted molar refractivity (Wildman–Crippen MR) is 108 cm³/mol. The fraction of sp³-hybridized carbons (Fsp3) is 0.300. The number of amides is 1. The summed E-state index contributed by atoms with van der Waals surface area (Å²) in [6, 6.07) is 13.9. The van der Waals surface area contributed by atoms with E-state index in [1.165, 1.54) is 6.07 Å². The molecule has 28 heavy (non-hydrogen) atoms. The van der Waals surface area contributed by atoms with Gasteiger partial charge in [0.2, 0.25) is 0 Å². The Morgan fingerprint density at radius 2 is 1.93 bits per heavy atom. The van der Waals surface area contributed by atoms with Crippen molar-refractivity contribution in [3.63, 3.8) is 0 Å². The number of carbonyl (C=O) groups excluding carboxylic acids is 1. The molecule has 2 unspecified atom stereocenters. The lowest BCUT2D eigenvalue weighted by Crippen LogP contribution is -2.34. The first-order chi connectivity index (χ1) is 13.4. The van der Waals surface area contributed by atoms with Crippen molar-refractivity contribution in [3.8, 4) is 0 Å². The minimum atomic E-state index is -3.67. The number of hydrogen-bond acceptors (Lipinski definition) is 5. The molecular weight excluding hydrogens is 376 g/mol. The molecule has 2 aromatic carbocycles. The summed E-state index contributed by atoms with van der Waals surface area (Å²) in [5.74, 6) is 0.622. The summed E-state index contributed by atoms with van der Waals surface area (Å²) >= 11 is 0. The molecule has 3 N–H and O–H groups in total. The van der Waals surface area contributed by atoms with Gasteiger partial charge in [0.1, 0.15) is 4.90 Å². The summed E-state index contributed by atoms with van der Waals surface area (Å²) in [7, 11) is -3.67. The van der Waals surface area contributed by atoms with Gasteiger partial charge in [0, 0.05) is 29.4 Å². The van der Waals surface area contributed by atoms with Crippen molar-refractivity contribution in [2.45, 2.75) is 24.3 Å². The van der Waals surface area contributed by atoms with Crippen LogP contribution in [0.15, 0.2) is 57.8 Å². The van der Waals surface area contributed by atoms with E-state index in [1.807, 2.05) is 11.8 Å². The monoisotopic (exact) mass is 398 g/mol. The lowest BCUT2D eigenvalue weighted by molar-refractivity contribution is 0.0743. The number of carbonyl (C=O) groups is 1. The fourth-order valence-electron chi connectivity index (χ4n) is 3.79. The Kier molecular flexibility index (Phi) is 4.68. The molecule has 2 aliphatic heterocycles. The molecule has 0 spiro atoms. The van der Waals surface area contributed by atoms with Crippen molar-refractivity contribution in [2.75, 3.05) is 18.4 Å². The maximum absolute atomic E-state index is 12.8. The molecule has 146 valence electrons. The normalized spacial score (nSPS) is 22.6. The van der Waals surface area contributed by atoms with Crippen LogP contribution in [-0.2, 0) is 10.0 Å². The number of benzene rings is 2. The van der Waals surface area contributed by atoms with E-state index in [2.05, 4.69) is 9.71 Å². The van der Waals surface area contributed by atoms with Gasteiger partial charge in [-0.05, 0) is 62.2 Å². The highest BCUT2D eigenvalue weighted by atomic mass is 32.2. The maximum atomic E-state index is 12.8. The summed E-state index contributed by atoms with van der Waals surface area (Å²) in [5.41, 5.74) is 7.55. The van der Waals surface area contributed by atoms with Crippen molar-refractivity contribution >= 4 is 27.5 Å². The molecule has 2 aliphatic rings. The average molecular weight is 398 g/mol. The molecule has 2 aromatic rings. The lowest BCUT2D eigenvalue weighted by atomic mass is 10.1. The Morgan fingerprint density at radius 1 is 1.21 bits per heavy atom. The van der Waals surface area contributed by atoms with Gasteiger partial charge in [-0.15, -0.1) is 4.40 Å². The SMILES string of the molecule is CC1CC(CN)CN1C(=O)c1ccc(NC2=NS(=O)(=O)c3ccccc32)cc1. The van der Waals surface area contributed by atoms with Gasteiger partial charge in [-0.1, -0.05) is 12.1 Å². The average Bonchev–Trinajstić information content (AvgIpc) is 3.19. The third-order valence-electron chi connectivity index (χ3n) is 5.28. The summed E-state index contributed by atoms with van der Waals surface area (Å²) < 4.78 is 28.1. The first-order valence-electron chi connectivity index (χ1n) is 9.21. The molecule has 8 heteroatoms. The molecule has 0 saturated carbocycles. The number of sulfonamides is 1. The molecule has 1 amide bonds. The Balaban J connectivity index is 1.51. The van der Waals surface area contributed by atoms with Crippen LogP contribution in [0.4, 0.5) is 5.69 Å². The number of hydrogen-bond donors (Lipinski definition) is 2. The zero-order chi connectivity index (χ0) is 19.9. The van der Waals surface area contributed by atoms with Crippen molar-refractivity contribution in [3.05, 3.63) is 59.7 Å². The number of nitrogens with one attached hydrogen (secondary N) is 1. The topological polar surface area (TPSA) is 105 Å². The molecule has 2 heterocycles. The van der Waals surface area contributed by atoms with Crippen LogP contribution in [0.2, 0.25) is 0 Å². The summed E-state index contributed by atoms with van der Waals surface area (Å²) in [5, 5.41) is 3.04.